The smallest absolute Gasteiger partial charge is 0.328 e. The van der Waals surface area contributed by atoms with Gasteiger partial charge in [-0.25, -0.2) is 4.79 Å². The zero-order valence-electron chi connectivity index (χ0n) is 28.3. The molecule has 6 unspecified atom stereocenters. The van der Waals surface area contributed by atoms with E-state index in [1.165, 1.54) is 11.8 Å². The Labute approximate surface area is 288 Å². The van der Waals surface area contributed by atoms with E-state index in [1.54, 1.807) is 0 Å². The van der Waals surface area contributed by atoms with Gasteiger partial charge in [-0.05, 0) is 51.5 Å². The highest BCUT2D eigenvalue weighted by atomic mass is 16.4. The Bertz CT molecular complexity index is 1290. The number of amides is 7. The monoisotopic (exact) mass is 712 g/mol. The molecule has 0 spiro atoms. The van der Waals surface area contributed by atoms with Crippen molar-refractivity contribution in [2.45, 2.75) is 95.5 Å². The number of hydrogen-bond acceptors (Lipinski definition) is 11. The molecule has 0 aromatic rings. The number of aliphatic hydroxyl groups is 1. The summed E-state index contributed by atoms with van der Waals surface area (Å²) in [6.07, 6.45) is 1.41. The summed E-state index contributed by atoms with van der Waals surface area (Å²) in [5.74, 6) is -8.19. The first-order valence-corrected chi connectivity index (χ1v) is 16.4. The van der Waals surface area contributed by atoms with Gasteiger partial charge in [0, 0.05) is 6.54 Å². The van der Waals surface area contributed by atoms with Gasteiger partial charge in [0.05, 0.1) is 32.2 Å². The summed E-state index contributed by atoms with van der Waals surface area (Å²) >= 11 is 0. The number of nitrogens with one attached hydrogen (secondary N) is 7. The van der Waals surface area contributed by atoms with Crippen molar-refractivity contribution in [3.8, 4) is 0 Å². The highest BCUT2D eigenvalue weighted by Crippen LogP contribution is 2.21. The second-order valence-electron chi connectivity index (χ2n) is 12.6. The zero-order chi connectivity index (χ0) is 37.5. The SMILES string of the molecule is CC(C)CC(NC(=O)C(C)NC(=O)C1CCCN1)C(=O)N1CCCC1C(=O)NC(CC(=O)O)C(=O)NCC(=O)NCC(=O)NC(CO)C(=O)O. The van der Waals surface area contributed by atoms with E-state index >= 15 is 0 Å². The molecule has 2 rings (SSSR count). The Kier molecular flexibility index (Phi) is 16.5. The molecule has 20 heteroatoms. The van der Waals surface area contributed by atoms with E-state index in [-0.39, 0.29) is 31.2 Å². The average molecular weight is 713 g/mol. The maximum atomic E-state index is 13.7. The van der Waals surface area contributed by atoms with Gasteiger partial charge in [-0.1, -0.05) is 13.8 Å². The molecule has 20 nitrogen and oxygen atoms in total. The van der Waals surface area contributed by atoms with Crippen LogP contribution in [0.2, 0.25) is 0 Å². The molecule has 6 atom stereocenters. The van der Waals surface area contributed by atoms with E-state index in [0.717, 1.165) is 6.42 Å². The minimum absolute atomic E-state index is 0.0517. The Balaban J connectivity index is 2.01. The lowest BCUT2D eigenvalue weighted by molar-refractivity contribution is -0.144. The first-order chi connectivity index (χ1) is 23.5. The standard InChI is InChI=1S/C30H48N8O12/c1-15(2)10-19(37-25(44)16(3)34-27(46)17-6-4-8-31-17)29(48)38-9-5-7-21(38)28(47)36-18(11-24(42)43)26(45)33-12-22(40)32-13-23(41)35-20(14-39)30(49)50/h15-21,31,39H,4-14H2,1-3H3,(H,32,40)(H,33,45)(H,34,46)(H,35,41)(H,36,47)(H,37,44)(H,42,43)(H,49,50). The molecule has 280 valence electrons. The van der Waals surface area contributed by atoms with Crippen LogP contribution in [0.25, 0.3) is 0 Å². The molecule has 2 aliphatic heterocycles. The number of nitrogens with zero attached hydrogens (tertiary/aromatic N) is 1. The normalized spacial score (nSPS) is 19.3. The maximum absolute atomic E-state index is 13.7. The Morgan fingerprint density at radius 2 is 1.44 bits per heavy atom. The summed E-state index contributed by atoms with van der Waals surface area (Å²) in [5, 5.41) is 44.1. The number of hydrogen-bond donors (Lipinski definition) is 10. The summed E-state index contributed by atoms with van der Waals surface area (Å²) in [7, 11) is 0. The van der Waals surface area contributed by atoms with Gasteiger partial charge in [0.1, 0.15) is 30.2 Å². The van der Waals surface area contributed by atoms with Gasteiger partial charge < -0.3 is 57.4 Å². The van der Waals surface area contributed by atoms with Gasteiger partial charge in [-0.15, -0.1) is 0 Å². The lowest BCUT2D eigenvalue weighted by Crippen LogP contribution is -2.58. The minimum Gasteiger partial charge on any atom is -0.481 e. The van der Waals surface area contributed by atoms with Gasteiger partial charge in [0.25, 0.3) is 0 Å². The van der Waals surface area contributed by atoms with Crippen LogP contribution >= 0.6 is 0 Å². The van der Waals surface area contributed by atoms with Gasteiger partial charge in [-0.2, -0.15) is 0 Å². The third-order valence-electron chi connectivity index (χ3n) is 7.99. The number of aliphatic carboxylic acids is 2. The quantitative estimate of drug-likeness (QED) is 0.0605. The fourth-order valence-corrected chi connectivity index (χ4v) is 5.40. The number of carbonyl (C=O) groups excluding carboxylic acids is 7. The summed E-state index contributed by atoms with van der Waals surface area (Å²) in [6.45, 7) is 3.71. The summed E-state index contributed by atoms with van der Waals surface area (Å²) < 4.78 is 0. The largest absolute Gasteiger partial charge is 0.481 e. The van der Waals surface area contributed by atoms with Crippen LogP contribution in [0.3, 0.4) is 0 Å². The van der Waals surface area contributed by atoms with Crippen molar-refractivity contribution in [2.24, 2.45) is 5.92 Å². The number of carbonyl (C=O) groups is 9. The van der Waals surface area contributed by atoms with Crippen molar-refractivity contribution in [1.29, 1.82) is 0 Å². The van der Waals surface area contributed by atoms with Crippen LogP contribution in [-0.2, 0) is 43.2 Å². The number of likely N-dealkylation sites (tertiary alicyclic amines) is 1. The molecule has 10 N–H and O–H groups in total. The van der Waals surface area contributed by atoms with E-state index in [2.05, 4.69) is 31.9 Å². The molecule has 0 bridgehead atoms. The molecule has 0 aliphatic carbocycles. The molecule has 2 fully saturated rings. The van der Waals surface area contributed by atoms with Crippen molar-refractivity contribution in [2.75, 3.05) is 32.8 Å². The maximum Gasteiger partial charge on any atom is 0.328 e. The lowest BCUT2D eigenvalue weighted by atomic mass is 10.0. The number of carboxylic acid groups (broad SMARTS) is 2. The van der Waals surface area contributed by atoms with Crippen molar-refractivity contribution in [3.05, 3.63) is 0 Å². The third-order valence-corrected chi connectivity index (χ3v) is 7.99. The van der Waals surface area contributed by atoms with Crippen LogP contribution in [0.1, 0.15) is 59.3 Å². The molecule has 2 aliphatic rings. The van der Waals surface area contributed by atoms with Crippen LogP contribution in [0.4, 0.5) is 0 Å². The third kappa shape index (κ3) is 13.2. The Hall–Kier alpha value is -4.85. The summed E-state index contributed by atoms with van der Waals surface area (Å²) in [5.41, 5.74) is 0. The minimum atomic E-state index is -1.65. The van der Waals surface area contributed by atoms with Crippen molar-refractivity contribution >= 4 is 53.3 Å². The fourth-order valence-electron chi connectivity index (χ4n) is 5.40. The molecule has 2 saturated heterocycles. The molecule has 7 amide bonds. The number of aliphatic hydroxyl groups excluding tert-OH is 1. The van der Waals surface area contributed by atoms with E-state index in [9.17, 15) is 48.3 Å². The first-order valence-electron chi connectivity index (χ1n) is 16.4. The number of carboxylic acids is 2. The fraction of sp³-hybridized carbons (Fsp3) is 0.700. The molecule has 0 aromatic heterocycles. The highest BCUT2D eigenvalue weighted by Gasteiger charge is 2.40. The van der Waals surface area contributed by atoms with E-state index in [1.807, 2.05) is 19.2 Å². The van der Waals surface area contributed by atoms with Crippen LogP contribution in [0, 0.1) is 5.92 Å². The Morgan fingerprint density at radius 1 is 0.760 bits per heavy atom. The second kappa shape index (κ2) is 20.0. The van der Waals surface area contributed by atoms with Crippen LogP contribution < -0.4 is 37.2 Å². The van der Waals surface area contributed by atoms with Gasteiger partial charge in [0.2, 0.25) is 41.4 Å². The van der Waals surface area contributed by atoms with Crippen molar-refractivity contribution < 1.29 is 58.5 Å². The highest BCUT2D eigenvalue weighted by molar-refractivity contribution is 5.97. The number of rotatable bonds is 19. The lowest BCUT2D eigenvalue weighted by Gasteiger charge is -2.31. The van der Waals surface area contributed by atoms with Crippen LogP contribution in [0.15, 0.2) is 0 Å². The Morgan fingerprint density at radius 3 is 2.02 bits per heavy atom. The van der Waals surface area contributed by atoms with Gasteiger partial charge >= 0.3 is 11.9 Å². The molecular formula is C30H48N8O12. The van der Waals surface area contributed by atoms with Gasteiger partial charge in [-0.3, -0.25) is 38.4 Å². The molecule has 0 aromatic carbocycles. The molecule has 50 heavy (non-hydrogen) atoms. The first kappa shape index (κ1) is 41.3. The summed E-state index contributed by atoms with van der Waals surface area (Å²) in [6, 6.07) is -6.74. The van der Waals surface area contributed by atoms with Crippen molar-refractivity contribution in [3.63, 3.8) is 0 Å². The van der Waals surface area contributed by atoms with Crippen LogP contribution in [-0.4, -0.2) is 143 Å². The molecule has 2 heterocycles. The van der Waals surface area contributed by atoms with Crippen LogP contribution in [0.5, 0.6) is 0 Å². The second-order valence-corrected chi connectivity index (χ2v) is 12.6. The topological polar surface area (TPSA) is 302 Å². The van der Waals surface area contributed by atoms with E-state index in [0.29, 0.717) is 19.4 Å². The predicted molar refractivity (Wildman–Crippen MR) is 172 cm³/mol. The average Bonchev–Trinajstić information content (AvgIpc) is 3.77. The van der Waals surface area contributed by atoms with Crippen molar-refractivity contribution in [1.82, 2.24) is 42.1 Å². The van der Waals surface area contributed by atoms with Gasteiger partial charge in [0.15, 0.2) is 0 Å². The van der Waals surface area contributed by atoms with E-state index < -0.39 is 110 Å². The molecule has 0 radical (unpaired) electrons. The summed E-state index contributed by atoms with van der Waals surface area (Å²) in [4.78, 5) is 113. The molecule has 0 saturated carbocycles. The van der Waals surface area contributed by atoms with E-state index in [4.69, 9.17) is 10.2 Å². The predicted octanol–water partition coefficient (Wildman–Crippen LogP) is -4.48. The molecular weight excluding hydrogens is 664 g/mol. The zero-order valence-corrected chi connectivity index (χ0v) is 28.3.